The molecule has 140 valence electrons. The first-order chi connectivity index (χ1) is 12.4. The van der Waals surface area contributed by atoms with Crippen molar-refractivity contribution in [3.8, 4) is 0 Å². The molecule has 3 rings (SSSR count). The number of imide groups is 2. The molecule has 0 bridgehead atoms. The van der Waals surface area contributed by atoms with Crippen molar-refractivity contribution in [2.75, 3.05) is 6.54 Å². The lowest BCUT2D eigenvalue weighted by atomic mass is 9.80. The molecule has 6 amide bonds. The Morgan fingerprint density at radius 1 is 1.42 bits per heavy atom. The van der Waals surface area contributed by atoms with Gasteiger partial charge in [0.1, 0.15) is 12.1 Å². The summed E-state index contributed by atoms with van der Waals surface area (Å²) in [5, 5.41) is 9.44. The molecule has 0 saturated carbocycles. The van der Waals surface area contributed by atoms with E-state index in [4.69, 9.17) is 0 Å². The third-order valence-corrected chi connectivity index (χ3v) is 5.86. The van der Waals surface area contributed by atoms with Crippen LogP contribution in [-0.4, -0.2) is 41.4 Å². The third kappa shape index (κ3) is 3.18. The van der Waals surface area contributed by atoms with Gasteiger partial charge in [0, 0.05) is 16.5 Å². The Morgan fingerprint density at radius 3 is 2.92 bits per heavy atom. The number of thiophene rings is 1. The second kappa shape index (κ2) is 7.06. The molecule has 2 heterocycles. The first kappa shape index (κ1) is 18.4. The fourth-order valence-electron chi connectivity index (χ4n) is 3.36. The Bertz CT molecular complexity index is 762. The van der Waals surface area contributed by atoms with Crippen LogP contribution in [0.3, 0.4) is 0 Å². The maximum atomic E-state index is 13.0. The maximum absolute atomic E-state index is 13.0. The first-order valence-electron chi connectivity index (χ1n) is 8.68. The van der Waals surface area contributed by atoms with Crippen LogP contribution in [0.4, 0.5) is 9.59 Å². The Balaban J connectivity index is 1.69. The lowest BCUT2D eigenvalue weighted by molar-refractivity contribution is -0.135. The van der Waals surface area contributed by atoms with Gasteiger partial charge in [0.15, 0.2) is 0 Å². The predicted octanol–water partition coefficient (Wildman–Crippen LogP) is 1.46. The summed E-state index contributed by atoms with van der Waals surface area (Å²) in [4.78, 5) is 51.1. The van der Waals surface area contributed by atoms with Gasteiger partial charge in [-0.3, -0.25) is 19.8 Å². The van der Waals surface area contributed by atoms with E-state index in [0.717, 1.165) is 34.6 Å². The van der Waals surface area contributed by atoms with Crippen LogP contribution in [0, 0.1) is 0 Å². The number of carbonyl (C=O) groups is 4. The molecule has 1 aliphatic carbocycles. The lowest BCUT2D eigenvalue weighted by Gasteiger charge is -2.31. The van der Waals surface area contributed by atoms with Crippen LogP contribution < -0.4 is 16.0 Å². The summed E-state index contributed by atoms with van der Waals surface area (Å²) in [5.41, 5.74) is -0.256. The van der Waals surface area contributed by atoms with E-state index in [-0.39, 0.29) is 6.04 Å². The highest BCUT2D eigenvalue weighted by Gasteiger charge is 2.54. The number of urea groups is 2. The van der Waals surface area contributed by atoms with Crippen molar-refractivity contribution < 1.29 is 19.2 Å². The van der Waals surface area contributed by atoms with Crippen LogP contribution >= 0.6 is 11.3 Å². The fourth-order valence-corrected chi connectivity index (χ4v) is 4.36. The molecule has 3 N–H and O–H groups in total. The predicted molar refractivity (Wildman–Crippen MR) is 95.6 cm³/mol. The van der Waals surface area contributed by atoms with Crippen LogP contribution in [0.5, 0.6) is 0 Å². The normalized spacial score (nSPS) is 22.8. The minimum absolute atomic E-state index is 0.0814. The number of nitrogens with zero attached hydrogens (tertiary/aromatic N) is 1. The first-order valence-corrected chi connectivity index (χ1v) is 9.56. The van der Waals surface area contributed by atoms with E-state index in [9.17, 15) is 19.2 Å². The van der Waals surface area contributed by atoms with Crippen molar-refractivity contribution in [3.05, 3.63) is 21.9 Å². The average molecular weight is 378 g/mol. The van der Waals surface area contributed by atoms with Crippen LogP contribution in [-0.2, 0) is 21.5 Å². The third-order valence-electron chi connectivity index (χ3n) is 4.88. The van der Waals surface area contributed by atoms with E-state index in [2.05, 4.69) is 16.0 Å². The van der Waals surface area contributed by atoms with E-state index in [0.29, 0.717) is 6.42 Å². The Morgan fingerprint density at radius 2 is 2.19 bits per heavy atom. The maximum Gasteiger partial charge on any atom is 0.325 e. The molecule has 0 unspecified atom stereocenters. The fraction of sp³-hybridized carbons (Fsp3) is 0.529. The molecule has 1 aliphatic heterocycles. The summed E-state index contributed by atoms with van der Waals surface area (Å²) in [5.74, 6) is -1.13. The van der Waals surface area contributed by atoms with Crippen molar-refractivity contribution in [2.24, 2.45) is 0 Å². The Hall–Kier alpha value is -2.42. The zero-order chi connectivity index (χ0) is 18.9. The smallest absolute Gasteiger partial charge is 0.325 e. The number of carbonyl (C=O) groups excluding carboxylic acids is 4. The summed E-state index contributed by atoms with van der Waals surface area (Å²) < 4.78 is 0. The van der Waals surface area contributed by atoms with Gasteiger partial charge in [0.05, 0.1) is 0 Å². The van der Waals surface area contributed by atoms with Crippen molar-refractivity contribution in [3.63, 3.8) is 0 Å². The summed E-state index contributed by atoms with van der Waals surface area (Å²) in [7, 11) is 0. The molecule has 9 heteroatoms. The molecule has 0 aromatic carbocycles. The van der Waals surface area contributed by atoms with E-state index < -0.39 is 36.0 Å². The highest BCUT2D eigenvalue weighted by molar-refractivity contribution is 7.10. The number of rotatable bonds is 4. The molecular weight excluding hydrogens is 356 g/mol. The molecule has 1 saturated heterocycles. The summed E-state index contributed by atoms with van der Waals surface area (Å²) >= 11 is 1.57. The Kier molecular flexibility index (Phi) is 4.99. The van der Waals surface area contributed by atoms with Crippen LogP contribution in [0.1, 0.15) is 43.6 Å². The van der Waals surface area contributed by atoms with E-state index >= 15 is 0 Å². The van der Waals surface area contributed by atoms with Gasteiger partial charge in [0.25, 0.3) is 5.91 Å². The molecule has 1 fully saturated rings. The molecule has 2 atom stereocenters. The molecule has 0 radical (unpaired) electrons. The van der Waals surface area contributed by atoms with Crippen molar-refractivity contribution in [1.82, 2.24) is 20.9 Å². The van der Waals surface area contributed by atoms with E-state index in [1.807, 2.05) is 25.3 Å². The molecule has 26 heavy (non-hydrogen) atoms. The average Bonchev–Trinajstić information content (AvgIpc) is 3.15. The topological polar surface area (TPSA) is 108 Å². The van der Waals surface area contributed by atoms with Crippen molar-refractivity contribution in [1.29, 1.82) is 0 Å². The lowest BCUT2D eigenvalue weighted by Crippen LogP contribution is -2.49. The van der Waals surface area contributed by atoms with Crippen LogP contribution in [0.15, 0.2) is 11.4 Å². The second-order valence-corrected chi connectivity index (χ2v) is 7.67. The van der Waals surface area contributed by atoms with E-state index in [1.165, 1.54) is 0 Å². The van der Waals surface area contributed by atoms with Gasteiger partial charge in [-0.05, 0) is 44.1 Å². The quantitative estimate of drug-likeness (QED) is 0.689. The van der Waals surface area contributed by atoms with Gasteiger partial charge in [-0.2, -0.15) is 0 Å². The van der Waals surface area contributed by atoms with E-state index in [1.54, 1.807) is 11.3 Å². The standard InChI is InChI=1S/C17H22N4O4S/c1-3-10(2)18-15(24)19-13(22)9-21-14(23)17(20-16(21)25)7-4-5-12-11(17)6-8-26-12/h6,8,10H,3-5,7,9H2,1-2H3,(H,20,25)(H2,18,19,22,24)/t10-,17+/m1/s1. The SMILES string of the molecule is CC[C@@H](C)NC(=O)NC(=O)CN1C(=O)N[C@]2(CCCc3sccc32)C1=O. The number of fused-ring (bicyclic) bond motifs is 2. The molecule has 2 aliphatic rings. The van der Waals surface area contributed by atoms with Gasteiger partial charge in [-0.15, -0.1) is 11.3 Å². The number of hydrogen-bond donors (Lipinski definition) is 3. The molecular formula is C17H22N4O4S. The minimum atomic E-state index is -1.08. The molecule has 1 spiro atoms. The van der Waals surface area contributed by atoms with Crippen LogP contribution in [0.2, 0.25) is 0 Å². The highest BCUT2D eigenvalue weighted by atomic mass is 32.1. The van der Waals surface area contributed by atoms with Crippen molar-refractivity contribution >= 4 is 35.2 Å². The van der Waals surface area contributed by atoms with Gasteiger partial charge < -0.3 is 10.6 Å². The summed E-state index contributed by atoms with van der Waals surface area (Å²) in [6.07, 6.45) is 2.90. The highest BCUT2D eigenvalue weighted by Crippen LogP contribution is 2.41. The minimum Gasteiger partial charge on any atom is -0.335 e. The zero-order valence-electron chi connectivity index (χ0n) is 14.8. The zero-order valence-corrected chi connectivity index (χ0v) is 15.6. The second-order valence-electron chi connectivity index (χ2n) is 6.67. The number of amides is 6. The van der Waals surface area contributed by atoms with Gasteiger partial charge in [0.2, 0.25) is 5.91 Å². The van der Waals surface area contributed by atoms with Gasteiger partial charge in [-0.25, -0.2) is 9.59 Å². The van der Waals surface area contributed by atoms with Crippen LogP contribution in [0.25, 0.3) is 0 Å². The Labute approximate surface area is 155 Å². The summed E-state index contributed by atoms with van der Waals surface area (Å²) in [6.45, 7) is 3.23. The largest absolute Gasteiger partial charge is 0.335 e. The monoisotopic (exact) mass is 378 g/mol. The van der Waals surface area contributed by atoms with Crippen molar-refractivity contribution in [2.45, 2.75) is 51.1 Å². The molecule has 1 aromatic heterocycles. The summed E-state index contributed by atoms with van der Waals surface area (Å²) in [6, 6.07) is 0.540. The molecule has 8 nitrogen and oxygen atoms in total. The number of nitrogens with one attached hydrogen (secondary N) is 3. The molecule has 1 aromatic rings. The van der Waals surface area contributed by atoms with Gasteiger partial charge in [-0.1, -0.05) is 6.92 Å². The number of hydrogen-bond acceptors (Lipinski definition) is 5. The van der Waals surface area contributed by atoms with Gasteiger partial charge >= 0.3 is 12.1 Å². The number of aryl methyl sites for hydroxylation is 1.